The number of pyridine rings is 1. The summed E-state index contributed by atoms with van der Waals surface area (Å²) in [5.74, 6) is -1.41. The fourth-order valence-corrected chi connectivity index (χ4v) is 4.37. The first-order valence-electron chi connectivity index (χ1n) is 11.0. The van der Waals surface area contributed by atoms with Crippen LogP contribution in [0.3, 0.4) is 0 Å². The molecule has 1 aromatic carbocycles. The van der Waals surface area contributed by atoms with Gasteiger partial charge in [0.1, 0.15) is 5.82 Å². The van der Waals surface area contributed by atoms with Crippen molar-refractivity contribution in [2.45, 2.75) is 83.5 Å². The Morgan fingerprint density at radius 1 is 1.10 bits per heavy atom. The molecule has 1 N–H and O–H groups in total. The maximum Gasteiger partial charge on any atom is 0.303 e. The lowest BCUT2D eigenvalue weighted by Gasteiger charge is -2.17. The Morgan fingerprint density at radius 2 is 1.90 bits per heavy atom. The number of carboxylic acid groups (broad SMARTS) is 1. The highest BCUT2D eigenvalue weighted by Crippen LogP contribution is 2.29. The molecule has 3 rings (SSSR count). The number of aromatic nitrogens is 1. The van der Waals surface area contributed by atoms with Crippen molar-refractivity contribution in [3.05, 3.63) is 64.2 Å². The third-order valence-electron chi connectivity index (χ3n) is 5.98. The Hall–Kier alpha value is -2.23. The fraction of sp³-hybridized carbons (Fsp3) is 0.520. The lowest BCUT2D eigenvalue weighted by molar-refractivity contribution is -0.137. The molecule has 0 saturated carbocycles. The molecule has 0 radical (unpaired) electrons. The van der Waals surface area contributed by atoms with E-state index in [1.54, 1.807) is 12.1 Å². The Balaban J connectivity index is 1.44. The number of carbonyl (C=O) groups is 1. The number of carboxylic acids is 1. The van der Waals surface area contributed by atoms with Gasteiger partial charge in [-0.1, -0.05) is 43.0 Å². The van der Waals surface area contributed by atoms with Crippen molar-refractivity contribution < 1.29 is 14.3 Å². The molecule has 1 heterocycles. The molecule has 2 aromatic rings. The molecule has 1 atom stereocenters. The number of aliphatic carboxylic acids is 1. The highest BCUT2D eigenvalue weighted by molar-refractivity contribution is 5.68. The first kappa shape index (κ1) is 21.5. The molecule has 29 heavy (non-hydrogen) atoms. The predicted molar refractivity (Wildman–Crippen MR) is 114 cm³/mol. The lowest BCUT2D eigenvalue weighted by Crippen LogP contribution is -2.09. The smallest absolute Gasteiger partial charge is 0.303 e. The quantitative estimate of drug-likeness (QED) is 0.489. The van der Waals surface area contributed by atoms with E-state index >= 15 is 0 Å². The monoisotopic (exact) mass is 397 g/mol. The zero-order valence-corrected chi connectivity index (χ0v) is 17.4. The number of unbranched alkanes of at least 4 members (excludes halogenated alkanes) is 3. The summed E-state index contributed by atoms with van der Waals surface area (Å²) in [7, 11) is 0. The van der Waals surface area contributed by atoms with Gasteiger partial charge in [0, 0.05) is 11.4 Å². The second-order valence-electron chi connectivity index (χ2n) is 8.39. The molecule has 3 nitrogen and oxygen atoms in total. The first-order chi connectivity index (χ1) is 14.0. The lowest BCUT2D eigenvalue weighted by atomic mass is 9.89. The molecule has 1 aromatic heterocycles. The molecule has 1 unspecified atom stereocenters. The molecule has 0 bridgehead atoms. The molecule has 0 spiro atoms. The average Bonchev–Trinajstić information content (AvgIpc) is 2.71. The SMILES string of the molecule is Cc1ccc(F)c(C(CCCCCCc2ccc3c(n2)CCCC3)CC(=O)O)c1. The van der Waals surface area contributed by atoms with Crippen LogP contribution in [0, 0.1) is 12.7 Å². The topological polar surface area (TPSA) is 50.2 Å². The minimum absolute atomic E-state index is 0.0145. The summed E-state index contributed by atoms with van der Waals surface area (Å²) in [5, 5.41) is 9.23. The van der Waals surface area contributed by atoms with Crippen LogP contribution >= 0.6 is 0 Å². The van der Waals surface area contributed by atoms with Gasteiger partial charge < -0.3 is 5.11 Å². The number of hydrogen-bond acceptors (Lipinski definition) is 2. The number of fused-ring (bicyclic) bond motifs is 1. The first-order valence-corrected chi connectivity index (χ1v) is 11.0. The summed E-state index contributed by atoms with van der Waals surface area (Å²) >= 11 is 0. The van der Waals surface area contributed by atoms with Crippen molar-refractivity contribution in [1.29, 1.82) is 0 Å². The van der Waals surface area contributed by atoms with Crippen LogP contribution in [-0.2, 0) is 24.1 Å². The third-order valence-corrected chi connectivity index (χ3v) is 5.98. The standard InChI is InChI=1S/C25H32FNO2/c1-18-12-15-23(26)22(16-18)20(17-25(28)29)9-4-2-3-5-10-21-14-13-19-8-6-7-11-24(19)27-21/h12-16,20H,2-11,17H2,1H3,(H,28,29). The van der Waals surface area contributed by atoms with Crippen LogP contribution in [0.25, 0.3) is 0 Å². The second-order valence-corrected chi connectivity index (χ2v) is 8.39. The number of benzene rings is 1. The van der Waals surface area contributed by atoms with Gasteiger partial charge in [-0.05, 0) is 81.0 Å². The Morgan fingerprint density at radius 3 is 2.72 bits per heavy atom. The van der Waals surface area contributed by atoms with Crippen molar-refractivity contribution in [2.75, 3.05) is 0 Å². The van der Waals surface area contributed by atoms with Crippen molar-refractivity contribution >= 4 is 5.97 Å². The van der Waals surface area contributed by atoms with Crippen molar-refractivity contribution in [1.82, 2.24) is 4.98 Å². The summed E-state index contributed by atoms with van der Waals surface area (Å²) < 4.78 is 14.2. The Bertz CT molecular complexity index is 834. The van der Waals surface area contributed by atoms with Gasteiger partial charge in [-0.3, -0.25) is 9.78 Å². The normalized spacial score (nSPS) is 14.4. The highest BCUT2D eigenvalue weighted by atomic mass is 19.1. The molecule has 4 heteroatoms. The summed E-state index contributed by atoms with van der Waals surface area (Å²) in [6, 6.07) is 9.40. The summed E-state index contributed by atoms with van der Waals surface area (Å²) in [4.78, 5) is 16.1. The number of nitrogens with zero attached hydrogens (tertiary/aromatic N) is 1. The van der Waals surface area contributed by atoms with Crippen LogP contribution in [0.5, 0.6) is 0 Å². The van der Waals surface area contributed by atoms with Crippen molar-refractivity contribution in [3.8, 4) is 0 Å². The minimum atomic E-state index is -0.866. The molecule has 0 aliphatic heterocycles. The number of aryl methyl sites for hydroxylation is 4. The zero-order chi connectivity index (χ0) is 20.6. The fourth-order valence-electron chi connectivity index (χ4n) is 4.37. The minimum Gasteiger partial charge on any atom is -0.481 e. The summed E-state index contributed by atoms with van der Waals surface area (Å²) in [6.45, 7) is 1.91. The van der Waals surface area contributed by atoms with Gasteiger partial charge in [0.25, 0.3) is 0 Å². The molecule has 0 saturated heterocycles. The maximum absolute atomic E-state index is 14.2. The van der Waals surface area contributed by atoms with Gasteiger partial charge in [-0.15, -0.1) is 0 Å². The van der Waals surface area contributed by atoms with Crippen LogP contribution < -0.4 is 0 Å². The van der Waals surface area contributed by atoms with Crippen molar-refractivity contribution in [2.24, 2.45) is 0 Å². The van der Waals surface area contributed by atoms with Crippen LogP contribution in [0.1, 0.15) is 85.4 Å². The molecule has 1 aliphatic carbocycles. The van der Waals surface area contributed by atoms with Gasteiger partial charge >= 0.3 is 5.97 Å². The number of halogens is 1. The molecular formula is C25H32FNO2. The van der Waals surface area contributed by atoms with Gasteiger partial charge in [0.15, 0.2) is 0 Å². The predicted octanol–water partition coefficient (Wildman–Crippen LogP) is 6.16. The number of hydrogen-bond donors (Lipinski definition) is 1. The van der Waals surface area contributed by atoms with Crippen LogP contribution in [0.2, 0.25) is 0 Å². The maximum atomic E-state index is 14.2. The van der Waals surface area contributed by atoms with E-state index < -0.39 is 5.97 Å². The van der Waals surface area contributed by atoms with E-state index in [1.807, 2.05) is 6.92 Å². The molecule has 1 aliphatic rings. The summed E-state index contributed by atoms with van der Waals surface area (Å²) in [6.07, 6.45) is 10.7. The third kappa shape index (κ3) is 6.38. The van der Waals surface area contributed by atoms with E-state index in [1.165, 1.54) is 42.3 Å². The van der Waals surface area contributed by atoms with Crippen LogP contribution in [-0.4, -0.2) is 16.1 Å². The van der Waals surface area contributed by atoms with E-state index in [4.69, 9.17) is 4.98 Å². The van der Waals surface area contributed by atoms with Gasteiger partial charge in [0.2, 0.25) is 0 Å². The molecule has 0 fully saturated rings. The van der Waals surface area contributed by atoms with E-state index in [-0.39, 0.29) is 18.2 Å². The largest absolute Gasteiger partial charge is 0.481 e. The second kappa shape index (κ2) is 10.5. The van der Waals surface area contributed by atoms with Crippen LogP contribution in [0.15, 0.2) is 30.3 Å². The summed E-state index contributed by atoms with van der Waals surface area (Å²) in [5.41, 5.74) is 5.43. The van der Waals surface area contributed by atoms with E-state index in [2.05, 4.69) is 12.1 Å². The average molecular weight is 398 g/mol. The van der Waals surface area contributed by atoms with Crippen molar-refractivity contribution in [3.63, 3.8) is 0 Å². The van der Waals surface area contributed by atoms with Gasteiger partial charge in [0.05, 0.1) is 6.42 Å². The van der Waals surface area contributed by atoms with E-state index in [0.29, 0.717) is 12.0 Å². The van der Waals surface area contributed by atoms with Gasteiger partial charge in [-0.2, -0.15) is 0 Å². The molecular weight excluding hydrogens is 365 g/mol. The number of rotatable bonds is 10. The highest BCUT2D eigenvalue weighted by Gasteiger charge is 2.19. The van der Waals surface area contributed by atoms with Crippen LogP contribution in [0.4, 0.5) is 4.39 Å². The Kier molecular flexibility index (Phi) is 7.79. The van der Waals surface area contributed by atoms with Gasteiger partial charge in [-0.25, -0.2) is 4.39 Å². The van der Waals surface area contributed by atoms with E-state index in [9.17, 15) is 14.3 Å². The molecule has 0 amide bonds. The zero-order valence-electron chi connectivity index (χ0n) is 17.4. The van der Waals surface area contributed by atoms with E-state index in [0.717, 1.165) is 44.1 Å². The Labute approximate surface area is 173 Å². The molecule has 156 valence electrons.